The topological polar surface area (TPSA) is 17.1 Å². The Labute approximate surface area is 116 Å². The first-order chi connectivity index (χ1) is 9.20. The van der Waals surface area contributed by atoms with Crippen LogP contribution in [0.25, 0.3) is 0 Å². The highest BCUT2D eigenvalue weighted by Crippen LogP contribution is 2.56. The second-order valence-electron chi connectivity index (χ2n) is 7.36. The minimum Gasteiger partial charge on any atom is -0.294 e. The summed E-state index contributed by atoms with van der Waals surface area (Å²) in [6.07, 6.45) is 14.8. The van der Waals surface area contributed by atoms with E-state index in [1.165, 1.54) is 50.5 Å². The maximum absolute atomic E-state index is 12.2. The SMILES string of the molecule is C[C@]12CC[C@H]3C(=C1C=CC2=O)CCC1CCCC[C@@H]13. The molecule has 0 aromatic rings. The highest BCUT2D eigenvalue weighted by atomic mass is 16.1. The van der Waals surface area contributed by atoms with Crippen LogP contribution in [0.4, 0.5) is 0 Å². The van der Waals surface area contributed by atoms with Gasteiger partial charge in [-0.25, -0.2) is 0 Å². The standard InChI is InChI=1S/C18H24O/c1-18-11-10-14-13-5-3-2-4-12(13)6-7-15(14)16(18)8-9-17(18)19/h8-9,12-14H,2-7,10-11H2,1H3/t12?,13-,14+,18-/m0/s1. The zero-order chi connectivity index (χ0) is 13.0. The van der Waals surface area contributed by atoms with Gasteiger partial charge in [-0.2, -0.15) is 0 Å². The van der Waals surface area contributed by atoms with Gasteiger partial charge in [0.1, 0.15) is 0 Å². The summed E-state index contributed by atoms with van der Waals surface area (Å²) in [5, 5.41) is 0. The number of fused-ring (bicyclic) bond motifs is 4. The van der Waals surface area contributed by atoms with E-state index in [2.05, 4.69) is 13.0 Å². The van der Waals surface area contributed by atoms with Gasteiger partial charge in [-0.05, 0) is 68.4 Å². The molecule has 0 radical (unpaired) electrons. The Morgan fingerprint density at radius 2 is 1.95 bits per heavy atom. The molecule has 4 aliphatic carbocycles. The molecule has 4 aliphatic rings. The lowest BCUT2D eigenvalue weighted by Crippen LogP contribution is -2.39. The summed E-state index contributed by atoms with van der Waals surface area (Å²) in [5.41, 5.74) is 2.96. The van der Waals surface area contributed by atoms with Crippen molar-refractivity contribution < 1.29 is 4.79 Å². The minimum absolute atomic E-state index is 0.145. The Morgan fingerprint density at radius 3 is 2.84 bits per heavy atom. The summed E-state index contributed by atoms with van der Waals surface area (Å²) in [7, 11) is 0. The lowest BCUT2D eigenvalue weighted by molar-refractivity contribution is -0.121. The van der Waals surface area contributed by atoms with Gasteiger partial charge in [0, 0.05) is 0 Å². The van der Waals surface area contributed by atoms with Crippen LogP contribution in [-0.4, -0.2) is 5.78 Å². The molecule has 1 heteroatoms. The fourth-order valence-corrected chi connectivity index (χ4v) is 5.45. The second-order valence-corrected chi connectivity index (χ2v) is 7.36. The van der Waals surface area contributed by atoms with E-state index >= 15 is 0 Å². The van der Waals surface area contributed by atoms with E-state index in [0.29, 0.717) is 5.78 Å². The van der Waals surface area contributed by atoms with Gasteiger partial charge in [-0.3, -0.25) is 4.79 Å². The number of hydrogen-bond donors (Lipinski definition) is 0. The summed E-state index contributed by atoms with van der Waals surface area (Å²) in [6, 6.07) is 0. The Kier molecular flexibility index (Phi) is 2.56. The molecule has 1 nitrogen and oxygen atoms in total. The molecule has 0 amide bonds. The summed E-state index contributed by atoms with van der Waals surface area (Å²) >= 11 is 0. The third-order valence-corrected chi connectivity index (χ3v) is 6.56. The maximum Gasteiger partial charge on any atom is 0.165 e. The lowest BCUT2D eigenvalue weighted by Gasteiger charge is -2.48. The molecule has 2 fully saturated rings. The minimum atomic E-state index is -0.145. The van der Waals surface area contributed by atoms with E-state index < -0.39 is 0 Å². The first-order valence-electron chi connectivity index (χ1n) is 8.16. The van der Waals surface area contributed by atoms with Crippen LogP contribution in [0, 0.1) is 23.2 Å². The second kappa shape index (κ2) is 4.07. The molecule has 0 aliphatic heterocycles. The Morgan fingerprint density at radius 1 is 1.11 bits per heavy atom. The summed E-state index contributed by atoms with van der Waals surface area (Å²) < 4.78 is 0. The molecule has 0 N–H and O–H groups in total. The first-order valence-corrected chi connectivity index (χ1v) is 8.16. The van der Waals surface area contributed by atoms with Crippen molar-refractivity contribution in [1.82, 2.24) is 0 Å². The predicted molar refractivity (Wildman–Crippen MR) is 76.7 cm³/mol. The van der Waals surface area contributed by atoms with Crippen LogP contribution in [0.5, 0.6) is 0 Å². The molecule has 0 spiro atoms. The number of allylic oxidation sites excluding steroid dienone is 4. The van der Waals surface area contributed by atoms with E-state index in [9.17, 15) is 4.79 Å². The van der Waals surface area contributed by atoms with Gasteiger partial charge in [-0.15, -0.1) is 0 Å². The average molecular weight is 256 g/mol. The van der Waals surface area contributed by atoms with Crippen molar-refractivity contribution in [2.75, 3.05) is 0 Å². The number of carbonyl (C=O) groups is 1. The molecule has 0 aromatic heterocycles. The molecule has 102 valence electrons. The lowest BCUT2D eigenvalue weighted by atomic mass is 9.56. The van der Waals surface area contributed by atoms with E-state index in [-0.39, 0.29) is 5.41 Å². The molecular weight excluding hydrogens is 232 g/mol. The monoisotopic (exact) mass is 256 g/mol. The Hall–Kier alpha value is -0.850. The molecule has 4 atom stereocenters. The van der Waals surface area contributed by atoms with E-state index in [0.717, 1.165) is 24.2 Å². The number of ketones is 1. The quantitative estimate of drug-likeness (QED) is 0.626. The van der Waals surface area contributed by atoms with Crippen LogP contribution >= 0.6 is 0 Å². The van der Waals surface area contributed by atoms with Gasteiger partial charge >= 0.3 is 0 Å². The van der Waals surface area contributed by atoms with Crippen molar-refractivity contribution in [2.24, 2.45) is 23.2 Å². The van der Waals surface area contributed by atoms with Crippen molar-refractivity contribution in [1.29, 1.82) is 0 Å². The van der Waals surface area contributed by atoms with Crippen LogP contribution in [0.15, 0.2) is 23.3 Å². The molecule has 4 rings (SSSR count). The largest absolute Gasteiger partial charge is 0.294 e. The molecular formula is C18H24O. The molecule has 19 heavy (non-hydrogen) atoms. The van der Waals surface area contributed by atoms with Gasteiger partial charge in [-0.1, -0.05) is 30.9 Å². The van der Waals surface area contributed by atoms with Crippen molar-refractivity contribution >= 4 is 5.78 Å². The normalized spacial score (nSPS) is 44.9. The van der Waals surface area contributed by atoms with Crippen LogP contribution in [0.3, 0.4) is 0 Å². The molecule has 0 heterocycles. The van der Waals surface area contributed by atoms with Crippen molar-refractivity contribution in [3.05, 3.63) is 23.3 Å². The molecule has 0 bridgehead atoms. The summed E-state index contributed by atoms with van der Waals surface area (Å²) in [5.74, 6) is 3.11. The van der Waals surface area contributed by atoms with Gasteiger partial charge in [0.05, 0.1) is 5.41 Å². The zero-order valence-electron chi connectivity index (χ0n) is 12.0. The number of carbonyl (C=O) groups excluding carboxylic acids is 1. The number of rotatable bonds is 0. The summed E-state index contributed by atoms with van der Waals surface area (Å²) in [4.78, 5) is 12.2. The fraction of sp³-hybridized carbons (Fsp3) is 0.722. The predicted octanol–water partition coefficient (Wildman–Crippen LogP) is 4.44. The molecule has 2 saturated carbocycles. The van der Waals surface area contributed by atoms with Crippen molar-refractivity contribution in [3.8, 4) is 0 Å². The van der Waals surface area contributed by atoms with Crippen LogP contribution in [0.2, 0.25) is 0 Å². The third-order valence-electron chi connectivity index (χ3n) is 6.56. The first kappa shape index (κ1) is 11.9. The van der Waals surface area contributed by atoms with Gasteiger partial charge in [0.15, 0.2) is 5.78 Å². The van der Waals surface area contributed by atoms with Gasteiger partial charge < -0.3 is 0 Å². The van der Waals surface area contributed by atoms with E-state index in [4.69, 9.17) is 0 Å². The molecule has 0 saturated heterocycles. The Balaban J connectivity index is 1.74. The summed E-state index contributed by atoms with van der Waals surface area (Å²) in [6.45, 7) is 2.18. The van der Waals surface area contributed by atoms with Crippen LogP contribution in [0.1, 0.15) is 58.3 Å². The average Bonchev–Trinajstić information content (AvgIpc) is 2.75. The third kappa shape index (κ3) is 1.57. The maximum atomic E-state index is 12.2. The van der Waals surface area contributed by atoms with Crippen molar-refractivity contribution in [2.45, 2.75) is 58.3 Å². The highest BCUT2D eigenvalue weighted by molar-refractivity contribution is 6.01. The highest BCUT2D eigenvalue weighted by Gasteiger charge is 2.48. The molecule has 1 unspecified atom stereocenters. The molecule has 0 aromatic carbocycles. The van der Waals surface area contributed by atoms with Gasteiger partial charge in [0.25, 0.3) is 0 Å². The fourth-order valence-electron chi connectivity index (χ4n) is 5.45. The van der Waals surface area contributed by atoms with Gasteiger partial charge in [0.2, 0.25) is 0 Å². The van der Waals surface area contributed by atoms with Crippen LogP contribution in [-0.2, 0) is 4.79 Å². The zero-order valence-corrected chi connectivity index (χ0v) is 12.0. The number of hydrogen-bond acceptors (Lipinski definition) is 1. The van der Waals surface area contributed by atoms with E-state index in [1.807, 2.05) is 6.08 Å². The van der Waals surface area contributed by atoms with Crippen molar-refractivity contribution in [3.63, 3.8) is 0 Å². The van der Waals surface area contributed by atoms with Crippen LogP contribution < -0.4 is 0 Å². The Bertz CT molecular complexity index is 484. The smallest absolute Gasteiger partial charge is 0.165 e. The van der Waals surface area contributed by atoms with E-state index in [1.54, 1.807) is 5.57 Å².